The number of carbonyl (C=O) groups is 2. The van der Waals surface area contributed by atoms with Gasteiger partial charge in [0.2, 0.25) is 5.43 Å². The van der Waals surface area contributed by atoms with E-state index in [0.717, 1.165) is 17.9 Å². The van der Waals surface area contributed by atoms with Gasteiger partial charge in [0.15, 0.2) is 0 Å². The van der Waals surface area contributed by atoms with E-state index in [1.807, 2.05) is 58.9 Å². The molecular weight excluding hydrogens is 432 g/mol. The Labute approximate surface area is 201 Å². The Morgan fingerprint density at radius 1 is 1.03 bits per heavy atom. The first-order chi connectivity index (χ1) is 16.0. The average Bonchev–Trinajstić information content (AvgIpc) is 2.78. The van der Waals surface area contributed by atoms with E-state index in [9.17, 15) is 14.4 Å². The molecule has 2 amide bonds. The number of methoxy groups -OCH3 is 1. The Kier molecular flexibility index (Phi) is 7.82. The predicted molar refractivity (Wildman–Crippen MR) is 132 cm³/mol. The average molecular weight is 469 g/mol. The molecule has 1 fully saturated rings. The van der Waals surface area contributed by atoms with Gasteiger partial charge in [-0.25, -0.2) is 0 Å². The third-order valence-corrected chi connectivity index (χ3v) is 5.85. The second-order valence-electron chi connectivity index (χ2n) is 10.0. The van der Waals surface area contributed by atoms with Crippen LogP contribution in [0, 0.1) is 0 Å². The van der Waals surface area contributed by atoms with Crippen molar-refractivity contribution in [3.05, 3.63) is 63.6 Å². The molecule has 34 heavy (non-hydrogen) atoms. The summed E-state index contributed by atoms with van der Waals surface area (Å²) in [6, 6.07) is 7.90. The van der Waals surface area contributed by atoms with E-state index >= 15 is 0 Å². The summed E-state index contributed by atoms with van der Waals surface area (Å²) in [7, 11) is 1.66. The van der Waals surface area contributed by atoms with Crippen LogP contribution in [0.2, 0.25) is 0 Å². The maximum Gasteiger partial charge on any atom is 0.259 e. The molecule has 2 heterocycles. The zero-order chi connectivity index (χ0) is 25.0. The van der Waals surface area contributed by atoms with Gasteiger partial charge in [0, 0.05) is 62.3 Å². The molecule has 1 N–H and O–H groups in total. The SMILES string of the molecule is COc1ccccc1CN1CCN(C(=O)c2cn(C(C)C)cc(C(=O)NC(C)(C)C)c2=O)CC1. The Morgan fingerprint density at radius 2 is 1.65 bits per heavy atom. The van der Waals surface area contributed by atoms with Gasteiger partial charge >= 0.3 is 0 Å². The summed E-state index contributed by atoms with van der Waals surface area (Å²) in [5.41, 5.74) is 0.101. The third kappa shape index (κ3) is 6.05. The number of aromatic nitrogens is 1. The summed E-state index contributed by atoms with van der Waals surface area (Å²) in [6.07, 6.45) is 3.11. The molecule has 1 aliphatic heterocycles. The van der Waals surface area contributed by atoms with Crippen molar-refractivity contribution in [1.29, 1.82) is 0 Å². The lowest BCUT2D eigenvalue weighted by atomic mass is 10.1. The predicted octanol–water partition coefficient (Wildman–Crippen LogP) is 2.92. The molecule has 0 unspecified atom stereocenters. The fourth-order valence-electron chi connectivity index (χ4n) is 3.97. The van der Waals surface area contributed by atoms with Crippen molar-refractivity contribution in [3.8, 4) is 5.75 Å². The number of hydrogen-bond donors (Lipinski definition) is 1. The van der Waals surface area contributed by atoms with Gasteiger partial charge < -0.3 is 19.5 Å². The number of ether oxygens (including phenoxy) is 1. The largest absolute Gasteiger partial charge is 0.496 e. The second kappa shape index (κ2) is 10.4. The lowest BCUT2D eigenvalue weighted by Crippen LogP contribution is -2.49. The normalized spacial score (nSPS) is 14.9. The van der Waals surface area contributed by atoms with Crippen LogP contribution < -0.4 is 15.5 Å². The molecule has 0 aliphatic carbocycles. The van der Waals surface area contributed by atoms with Gasteiger partial charge in [-0.2, -0.15) is 0 Å². The molecule has 0 saturated carbocycles. The number of rotatable bonds is 6. The summed E-state index contributed by atoms with van der Waals surface area (Å²) < 4.78 is 7.20. The fraction of sp³-hybridized carbons (Fsp3) is 0.500. The van der Waals surface area contributed by atoms with Crippen LogP contribution in [0.4, 0.5) is 0 Å². The molecule has 3 rings (SSSR count). The second-order valence-corrected chi connectivity index (χ2v) is 10.0. The molecule has 8 nitrogen and oxygen atoms in total. The van der Waals surface area contributed by atoms with Crippen molar-refractivity contribution in [2.75, 3.05) is 33.3 Å². The minimum Gasteiger partial charge on any atom is -0.496 e. The molecule has 0 spiro atoms. The molecule has 8 heteroatoms. The van der Waals surface area contributed by atoms with Crippen molar-refractivity contribution in [2.45, 2.75) is 52.7 Å². The molecule has 0 radical (unpaired) electrons. The maximum absolute atomic E-state index is 13.4. The van der Waals surface area contributed by atoms with Gasteiger partial charge in [0.25, 0.3) is 11.8 Å². The third-order valence-electron chi connectivity index (χ3n) is 5.85. The number of amides is 2. The highest BCUT2D eigenvalue weighted by atomic mass is 16.5. The monoisotopic (exact) mass is 468 g/mol. The molecule has 0 atom stereocenters. The highest BCUT2D eigenvalue weighted by Crippen LogP contribution is 2.20. The van der Waals surface area contributed by atoms with E-state index in [2.05, 4.69) is 10.2 Å². The van der Waals surface area contributed by atoms with Crippen LogP contribution in [0.15, 0.2) is 41.5 Å². The van der Waals surface area contributed by atoms with Crippen LogP contribution in [0.1, 0.15) is 66.9 Å². The van der Waals surface area contributed by atoms with E-state index in [0.29, 0.717) is 26.2 Å². The molecule has 184 valence electrons. The molecular formula is C26H36N4O4. The first kappa shape index (κ1) is 25.5. The van der Waals surface area contributed by atoms with E-state index < -0.39 is 16.9 Å². The summed E-state index contributed by atoms with van der Waals surface area (Å²) in [6.45, 7) is 12.6. The number of pyridine rings is 1. The van der Waals surface area contributed by atoms with Crippen LogP contribution in [0.25, 0.3) is 0 Å². The smallest absolute Gasteiger partial charge is 0.259 e. The Morgan fingerprint density at radius 3 is 2.24 bits per heavy atom. The van der Waals surface area contributed by atoms with E-state index in [-0.39, 0.29) is 23.1 Å². The number of carbonyl (C=O) groups excluding carboxylic acids is 2. The first-order valence-electron chi connectivity index (χ1n) is 11.7. The minimum atomic E-state index is -0.528. The van der Waals surface area contributed by atoms with Crippen LogP contribution >= 0.6 is 0 Å². The van der Waals surface area contributed by atoms with Gasteiger partial charge in [-0.05, 0) is 40.7 Å². The molecule has 2 aromatic rings. The number of benzene rings is 1. The van der Waals surface area contributed by atoms with Crippen LogP contribution in [0.3, 0.4) is 0 Å². The van der Waals surface area contributed by atoms with Gasteiger partial charge in [0.1, 0.15) is 16.9 Å². The van der Waals surface area contributed by atoms with Gasteiger partial charge in [-0.15, -0.1) is 0 Å². The lowest BCUT2D eigenvalue weighted by molar-refractivity contribution is 0.0625. The minimum absolute atomic E-state index is 0.00830. The summed E-state index contributed by atoms with van der Waals surface area (Å²) in [5.74, 6) is 0.0468. The van der Waals surface area contributed by atoms with Gasteiger partial charge in [-0.1, -0.05) is 18.2 Å². The van der Waals surface area contributed by atoms with Gasteiger partial charge in [0.05, 0.1) is 7.11 Å². The summed E-state index contributed by atoms with van der Waals surface area (Å²) in [5, 5.41) is 2.83. The van der Waals surface area contributed by atoms with Crippen molar-refractivity contribution in [3.63, 3.8) is 0 Å². The topological polar surface area (TPSA) is 83.9 Å². The van der Waals surface area contributed by atoms with Crippen molar-refractivity contribution >= 4 is 11.8 Å². The molecule has 1 aromatic heterocycles. The Hall–Kier alpha value is -3.13. The zero-order valence-corrected chi connectivity index (χ0v) is 21.1. The van der Waals surface area contributed by atoms with Crippen molar-refractivity contribution in [2.24, 2.45) is 0 Å². The zero-order valence-electron chi connectivity index (χ0n) is 21.1. The highest BCUT2D eigenvalue weighted by Gasteiger charge is 2.28. The molecule has 0 bridgehead atoms. The van der Waals surface area contributed by atoms with Crippen molar-refractivity contribution < 1.29 is 14.3 Å². The van der Waals surface area contributed by atoms with Crippen LogP contribution in [-0.4, -0.2) is 65.0 Å². The standard InChI is InChI=1S/C26H36N4O4/c1-18(2)30-16-20(24(32)27-26(3,4)5)23(31)21(17-30)25(33)29-13-11-28(12-14-29)15-19-9-7-8-10-22(19)34-6/h7-10,16-18H,11-15H2,1-6H3,(H,27,32). The molecule has 1 aromatic carbocycles. The molecule has 1 aliphatic rings. The number of para-hydroxylation sites is 1. The summed E-state index contributed by atoms with van der Waals surface area (Å²) in [4.78, 5) is 43.3. The van der Waals surface area contributed by atoms with E-state index in [1.54, 1.807) is 22.8 Å². The molecule has 1 saturated heterocycles. The highest BCUT2D eigenvalue weighted by molar-refractivity contribution is 5.99. The first-order valence-corrected chi connectivity index (χ1v) is 11.7. The van der Waals surface area contributed by atoms with Crippen LogP contribution in [0.5, 0.6) is 5.75 Å². The number of nitrogens with zero attached hydrogens (tertiary/aromatic N) is 3. The number of hydrogen-bond acceptors (Lipinski definition) is 5. The number of nitrogens with one attached hydrogen (secondary N) is 1. The quantitative estimate of drug-likeness (QED) is 0.705. The van der Waals surface area contributed by atoms with E-state index in [4.69, 9.17) is 4.74 Å². The van der Waals surface area contributed by atoms with Crippen molar-refractivity contribution in [1.82, 2.24) is 19.7 Å². The Balaban J connectivity index is 1.78. The van der Waals surface area contributed by atoms with Crippen LogP contribution in [-0.2, 0) is 6.54 Å². The maximum atomic E-state index is 13.4. The number of piperazine rings is 1. The fourth-order valence-corrected chi connectivity index (χ4v) is 3.97. The lowest BCUT2D eigenvalue weighted by Gasteiger charge is -2.35. The Bertz CT molecular complexity index is 1090. The van der Waals surface area contributed by atoms with Gasteiger partial charge in [-0.3, -0.25) is 19.3 Å². The summed E-state index contributed by atoms with van der Waals surface area (Å²) >= 11 is 0. The van der Waals surface area contributed by atoms with E-state index in [1.165, 1.54) is 6.20 Å².